The maximum absolute atomic E-state index is 13.1. The third-order valence-corrected chi connectivity index (χ3v) is 5.19. The summed E-state index contributed by atoms with van der Waals surface area (Å²) in [5.74, 6) is 0.0832. The Kier molecular flexibility index (Phi) is 8.16. The molecule has 2 aromatic rings. The SMILES string of the molecule is Cc1ccccc1OCC(=O)N(Cc1ccc(Cl)c(Cl)c1)C(C)C(=O)NC(C)(C)C. The van der Waals surface area contributed by atoms with Gasteiger partial charge in [0.1, 0.15) is 11.8 Å². The smallest absolute Gasteiger partial charge is 0.261 e. The highest BCUT2D eigenvalue weighted by molar-refractivity contribution is 6.42. The number of halogens is 2. The van der Waals surface area contributed by atoms with Gasteiger partial charge in [-0.15, -0.1) is 0 Å². The summed E-state index contributed by atoms with van der Waals surface area (Å²) in [7, 11) is 0. The van der Waals surface area contributed by atoms with Crippen LogP contribution in [0.25, 0.3) is 0 Å². The van der Waals surface area contributed by atoms with Crippen LogP contribution in [0.15, 0.2) is 42.5 Å². The first kappa shape index (κ1) is 24.0. The van der Waals surface area contributed by atoms with E-state index in [0.29, 0.717) is 15.8 Å². The predicted molar refractivity (Wildman–Crippen MR) is 121 cm³/mol. The van der Waals surface area contributed by atoms with Crippen LogP contribution in [0, 0.1) is 6.92 Å². The molecule has 0 bridgehead atoms. The number of carbonyl (C=O) groups excluding carboxylic acids is 2. The highest BCUT2D eigenvalue weighted by Crippen LogP contribution is 2.24. The minimum atomic E-state index is -0.702. The van der Waals surface area contributed by atoms with Crippen molar-refractivity contribution in [2.24, 2.45) is 0 Å². The van der Waals surface area contributed by atoms with E-state index in [4.69, 9.17) is 27.9 Å². The fourth-order valence-electron chi connectivity index (χ4n) is 2.83. The number of rotatable bonds is 7. The summed E-state index contributed by atoms with van der Waals surface area (Å²) in [4.78, 5) is 27.3. The second-order valence-electron chi connectivity index (χ2n) is 8.24. The van der Waals surface area contributed by atoms with Crippen molar-refractivity contribution in [1.82, 2.24) is 10.2 Å². The van der Waals surface area contributed by atoms with Crippen molar-refractivity contribution in [3.8, 4) is 5.75 Å². The van der Waals surface area contributed by atoms with E-state index in [2.05, 4.69) is 5.32 Å². The quantitative estimate of drug-likeness (QED) is 0.644. The number of nitrogens with one attached hydrogen (secondary N) is 1. The predicted octanol–water partition coefficient (Wildman–Crippen LogP) is 5.01. The number of carbonyl (C=O) groups is 2. The molecule has 1 atom stereocenters. The molecule has 0 heterocycles. The number of para-hydroxylation sites is 1. The van der Waals surface area contributed by atoms with Gasteiger partial charge in [-0.3, -0.25) is 9.59 Å². The van der Waals surface area contributed by atoms with Crippen LogP contribution in [0.2, 0.25) is 10.0 Å². The second-order valence-corrected chi connectivity index (χ2v) is 9.05. The first-order valence-electron chi connectivity index (χ1n) is 9.72. The molecule has 2 amide bonds. The highest BCUT2D eigenvalue weighted by Gasteiger charge is 2.28. The summed E-state index contributed by atoms with van der Waals surface area (Å²) in [5.41, 5.74) is 1.28. The molecular weight excluding hydrogens is 423 g/mol. The van der Waals surface area contributed by atoms with E-state index < -0.39 is 11.6 Å². The van der Waals surface area contributed by atoms with Crippen LogP contribution in [0.1, 0.15) is 38.8 Å². The molecule has 0 saturated carbocycles. The Morgan fingerprint density at radius 3 is 2.37 bits per heavy atom. The average molecular weight is 451 g/mol. The van der Waals surface area contributed by atoms with Gasteiger partial charge in [0.05, 0.1) is 10.0 Å². The monoisotopic (exact) mass is 450 g/mol. The number of benzene rings is 2. The van der Waals surface area contributed by atoms with Crippen molar-refractivity contribution in [3.63, 3.8) is 0 Å². The molecule has 0 radical (unpaired) electrons. The maximum Gasteiger partial charge on any atom is 0.261 e. The van der Waals surface area contributed by atoms with Gasteiger partial charge in [0.15, 0.2) is 6.61 Å². The van der Waals surface area contributed by atoms with Crippen LogP contribution in [0.3, 0.4) is 0 Å². The molecule has 0 spiro atoms. The normalized spacial score (nSPS) is 12.2. The molecule has 0 aliphatic rings. The third kappa shape index (κ3) is 6.92. The number of hydrogen-bond donors (Lipinski definition) is 1. The molecule has 1 N–H and O–H groups in total. The Balaban J connectivity index is 2.22. The largest absolute Gasteiger partial charge is 0.484 e. The number of hydrogen-bond acceptors (Lipinski definition) is 3. The molecule has 0 aliphatic carbocycles. The van der Waals surface area contributed by atoms with Gasteiger partial charge in [0, 0.05) is 12.1 Å². The summed E-state index contributed by atoms with van der Waals surface area (Å²) < 4.78 is 5.72. The minimum absolute atomic E-state index is 0.181. The standard InChI is InChI=1S/C23H28Cl2N2O3/c1-15-8-6-7-9-20(15)30-14-21(28)27(16(2)22(29)26-23(3,4)5)13-17-10-11-18(24)19(25)12-17/h6-12,16H,13-14H2,1-5H3,(H,26,29). The molecule has 7 heteroatoms. The van der Waals surface area contributed by atoms with Gasteiger partial charge in [-0.25, -0.2) is 0 Å². The van der Waals surface area contributed by atoms with E-state index in [-0.39, 0.29) is 25.0 Å². The molecule has 30 heavy (non-hydrogen) atoms. The van der Waals surface area contributed by atoms with E-state index in [9.17, 15) is 9.59 Å². The van der Waals surface area contributed by atoms with Crippen molar-refractivity contribution in [2.75, 3.05) is 6.61 Å². The Bertz CT molecular complexity index is 910. The molecule has 0 aliphatic heterocycles. The summed E-state index contributed by atoms with van der Waals surface area (Å²) in [6, 6.07) is 11.9. The van der Waals surface area contributed by atoms with E-state index >= 15 is 0 Å². The summed E-state index contributed by atoms with van der Waals surface area (Å²) >= 11 is 12.1. The lowest BCUT2D eigenvalue weighted by atomic mass is 10.1. The first-order valence-corrected chi connectivity index (χ1v) is 10.5. The highest BCUT2D eigenvalue weighted by atomic mass is 35.5. The van der Waals surface area contributed by atoms with Gasteiger partial charge >= 0.3 is 0 Å². The second kappa shape index (κ2) is 10.2. The van der Waals surface area contributed by atoms with Crippen molar-refractivity contribution < 1.29 is 14.3 Å². The van der Waals surface area contributed by atoms with Crippen molar-refractivity contribution in [2.45, 2.75) is 52.7 Å². The van der Waals surface area contributed by atoms with Crippen LogP contribution in [-0.2, 0) is 16.1 Å². The van der Waals surface area contributed by atoms with Crippen LogP contribution < -0.4 is 10.1 Å². The molecule has 0 aromatic heterocycles. The number of nitrogens with zero attached hydrogens (tertiary/aromatic N) is 1. The van der Waals surface area contributed by atoms with Gasteiger partial charge in [0.25, 0.3) is 5.91 Å². The van der Waals surface area contributed by atoms with E-state index in [1.807, 2.05) is 52.0 Å². The Morgan fingerprint density at radius 1 is 1.10 bits per heavy atom. The first-order chi connectivity index (χ1) is 14.0. The number of ether oxygens (including phenoxy) is 1. The van der Waals surface area contributed by atoms with Crippen LogP contribution >= 0.6 is 23.2 Å². The van der Waals surface area contributed by atoms with Crippen LogP contribution in [0.5, 0.6) is 5.75 Å². The summed E-state index contributed by atoms with van der Waals surface area (Å²) in [6.07, 6.45) is 0. The fraction of sp³-hybridized carbons (Fsp3) is 0.391. The zero-order valence-electron chi connectivity index (χ0n) is 18.0. The fourth-order valence-corrected chi connectivity index (χ4v) is 3.15. The minimum Gasteiger partial charge on any atom is -0.484 e. The molecule has 0 saturated heterocycles. The number of aryl methyl sites for hydroxylation is 1. The van der Waals surface area contributed by atoms with Gasteiger partial charge in [-0.05, 0) is 63.9 Å². The zero-order chi connectivity index (χ0) is 22.5. The van der Waals surface area contributed by atoms with Crippen LogP contribution in [0.4, 0.5) is 0 Å². The van der Waals surface area contributed by atoms with Gasteiger partial charge in [-0.1, -0.05) is 47.5 Å². The van der Waals surface area contributed by atoms with Gasteiger partial charge in [-0.2, -0.15) is 0 Å². The van der Waals surface area contributed by atoms with E-state index in [1.54, 1.807) is 25.1 Å². The molecule has 2 rings (SSSR count). The van der Waals surface area contributed by atoms with Crippen LogP contribution in [-0.4, -0.2) is 34.9 Å². The van der Waals surface area contributed by atoms with Crippen molar-refractivity contribution in [3.05, 3.63) is 63.6 Å². The van der Waals surface area contributed by atoms with E-state index in [1.165, 1.54) is 4.90 Å². The molecule has 2 aromatic carbocycles. The molecule has 1 unspecified atom stereocenters. The molecule has 0 fully saturated rings. The Morgan fingerprint density at radius 2 is 1.77 bits per heavy atom. The van der Waals surface area contributed by atoms with Gasteiger partial charge in [0.2, 0.25) is 5.91 Å². The van der Waals surface area contributed by atoms with Crippen molar-refractivity contribution in [1.29, 1.82) is 0 Å². The Hall–Kier alpha value is -2.24. The topological polar surface area (TPSA) is 58.6 Å². The maximum atomic E-state index is 13.1. The average Bonchev–Trinajstić information content (AvgIpc) is 2.66. The summed E-state index contributed by atoms with van der Waals surface area (Å²) in [6.45, 7) is 9.31. The van der Waals surface area contributed by atoms with Gasteiger partial charge < -0.3 is 15.0 Å². The lowest BCUT2D eigenvalue weighted by Crippen LogP contribution is -2.53. The summed E-state index contributed by atoms with van der Waals surface area (Å²) in [5, 5.41) is 3.75. The lowest BCUT2D eigenvalue weighted by molar-refractivity contribution is -0.142. The van der Waals surface area contributed by atoms with Crippen molar-refractivity contribution >= 4 is 35.0 Å². The number of amides is 2. The lowest BCUT2D eigenvalue weighted by Gasteiger charge is -2.31. The van der Waals surface area contributed by atoms with E-state index in [0.717, 1.165) is 11.1 Å². The molecule has 5 nitrogen and oxygen atoms in total. The Labute approximate surface area is 188 Å². The molecular formula is C23H28Cl2N2O3. The zero-order valence-corrected chi connectivity index (χ0v) is 19.5. The molecule has 162 valence electrons. The third-order valence-electron chi connectivity index (χ3n) is 4.45.